The van der Waals surface area contributed by atoms with Gasteiger partial charge in [0.15, 0.2) is 4.34 Å². The first kappa shape index (κ1) is 22.9. The molecule has 1 aliphatic rings. The molecule has 2 aromatic heterocycles. The van der Waals surface area contributed by atoms with Gasteiger partial charge < -0.3 is 5.11 Å². The van der Waals surface area contributed by atoms with Gasteiger partial charge in [-0.3, -0.25) is 19.5 Å². The zero-order valence-corrected chi connectivity index (χ0v) is 19.7. The molecule has 0 radical (unpaired) electrons. The van der Waals surface area contributed by atoms with Crippen LogP contribution in [-0.2, 0) is 15.3 Å². The van der Waals surface area contributed by atoms with E-state index in [1.807, 2.05) is 6.07 Å². The first-order chi connectivity index (χ1) is 17.0. The van der Waals surface area contributed by atoms with Gasteiger partial charge in [-0.15, -0.1) is 10.2 Å². The van der Waals surface area contributed by atoms with Crippen LogP contribution in [0.5, 0.6) is 0 Å². The maximum atomic E-state index is 14.0. The summed E-state index contributed by atoms with van der Waals surface area (Å²) in [5, 5.41) is 19.5. The minimum atomic E-state index is -0.887. The molecule has 1 amide bonds. The molecule has 1 atom stereocenters. The molecule has 0 spiro atoms. The van der Waals surface area contributed by atoms with E-state index >= 15 is 0 Å². The Labute approximate surface area is 208 Å². The summed E-state index contributed by atoms with van der Waals surface area (Å²) in [6, 6.07) is 17.7. The summed E-state index contributed by atoms with van der Waals surface area (Å²) in [4.78, 5) is 31.5. The highest BCUT2D eigenvalue weighted by Crippen LogP contribution is 2.43. The summed E-state index contributed by atoms with van der Waals surface area (Å²) in [5.41, 5.74) is 1.50. The van der Waals surface area contributed by atoms with Crippen molar-refractivity contribution in [2.45, 2.75) is 16.1 Å². The van der Waals surface area contributed by atoms with Gasteiger partial charge in [0, 0.05) is 23.7 Å². The number of anilines is 1. The molecular weight excluding hydrogens is 487 g/mol. The van der Waals surface area contributed by atoms with Crippen molar-refractivity contribution in [2.24, 2.45) is 0 Å². The number of Topliss-reactive ketones (excluding diaryl/α,β-unsaturated/α-hetero) is 1. The lowest BCUT2D eigenvalue weighted by molar-refractivity contribution is -0.132. The second kappa shape index (κ2) is 9.77. The second-order valence-electron chi connectivity index (χ2n) is 7.55. The summed E-state index contributed by atoms with van der Waals surface area (Å²) in [5.74, 6) is -1.89. The molecule has 0 saturated carbocycles. The summed E-state index contributed by atoms with van der Waals surface area (Å²) in [6.07, 6.45) is 2.99. The number of rotatable bonds is 6. The average molecular weight is 505 g/mol. The number of aliphatic hydroxyl groups is 1. The van der Waals surface area contributed by atoms with Crippen molar-refractivity contribution >= 4 is 45.7 Å². The van der Waals surface area contributed by atoms with Gasteiger partial charge in [-0.2, -0.15) is 0 Å². The molecule has 0 aliphatic carbocycles. The van der Waals surface area contributed by atoms with Crippen LogP contribution in [-0.4, -0.2) is 32.0 Å². The number of nitrogens with zero attached hydrogens (tertiary/aromatic N) is 4. The number of carbonyl (C=O) groups is 2. The van der Waals surface area contributed by atoms with Crippen LogP contribution in [0, 0.1) is 5.82 Å². The van der Waals surface area contributed by atoms with E-state index in [-0.39, 0.29) is 22.3 Å². The van der Waals surface area contributed by atoms with Gasteiger partial charge in [-0.25, -0.2) is 4.39 Å². The summed E-state index contributed by atoms with van der Waals surface area (Å²) < 4.78 is 14.5. The normalized spacial score (nSPS) is 17.2. The predicted octanol–water partition coefficient (Wildman–Crippen LogP) is 4.99. The van der Waals surface area contributed by atoms with Gasteiger partial charge in [-0.05, 0) is 29.3 Å². The summed E-state index contributed by atoms with van der Waals surface area (Å²) in [6.45, 7) is 0. The van der Waals surface area contributed by atoms with Crippen molar-refractivity contribution < 1.29 is 19.1 Å². The second-order valence-corrected chi connectivity index (χ2v) is 9.72. The largest absolute Gasteiger partial charge is 0.507 e. The number of ketones is 1. The lowest BCUT2D eigenvalue weighted by atomic mass is 9.96. The number of pyridine rings is 1. The van der Waals surface area contributed by atoms with E-state index in [9.17, 15) is 19.1 Å². The number of aromatic nitrogens is 3. The van der Waals surface area contributed by atoms with Crippen LogP contribution >= 0.6 is 23.1 Å². The zero-order valence-electron chi connectivity index (χ0n) is 18.0. The molecule has 7 nitrogen and oxygen atoms in total. The van der Waals surface area contributed by atoms with Crippen molar-refractivity contribution in [3.05, 3.63) is 107 Å². The molecule has 1 saturated heterocycles. The Morgan fingerprint density at radius 2 is 1.71 bits per heavy atom. The summed E-state index contributed by atoms with van der Waals surface area (Å²) >= 11 is 2.41. The number of benzene rings is 2. The average Bonchev–Trinajstić information content (AvgIpc) is 3.46. The number of amides is 1. The molecule has 10 heteroatoms. The minimum Gasteiger partial charge on any atom is -0.507 e. The van der Waals surface area contributed by atoms with Crippen molar-refractivity contribution in [1.29, 1.82) is 0 Å². The van der Waals surface area contributed by atoms with E-state index in [2.05, 4.69) is 15.2 Å². The topological polar surface area (TPSA) is 96.3 Å². The maximum absolute atomic E-state index is 14.0. The Balaban J connectivity index is 1.52. The Morgan fingerprint density at radius 1 is 1.00 bits per heavy atom. The molecule has 5 rings (SSSR count). The van der Waals surface area contributed by atoms with Crippen LogP contribution < -0.4 is 4.90 Å². The Bertz CT molecular complexity index is 1430. The highest BCUT2D eigenvalue weighted by atomic mass is 32.2. The van der Waals surface area contributed by atoms with E-state index < -0.39 is 17.7 Å². The lowest BCUT2D eigenvalue weighted by Crippen LogP contribution is -2.29. The lowest BCUT2D eigenvalue weighted by Gasteiger charge is -2.22. The molecule has 2 aromatic carbocycles. The van der Waals surface area contributed by atoms with Crippen LogP contribution in [0.4, 0.5) is 9.52 Å². The third-order valence-electron chi connectivity index (χ3n) is 5.42. The van der Waals surface area contributed by atoms with Crippen molar-refractivity contribution in [1.82, 2.24) is 15.2 Å². The van der Waals surface area contributed by atoms with E-state index in [1.165, 1.54) is 35.1 Å². The highest BCUT2D eigenvalue weighted by molar-refractivity contribution is 8.00. The third kappa shape index (κ3) is 4.45. The molecular formula is C25H17FN4O3S2. The number of aliphatic hydroxyl groups excluding tert-OH is 1. The quantitative estimate of drug-likeness (QED) is 0.130. The molecule has 1 fully saturated rings. The number of hydrogen-bond acceptors (Lipinski definition) is 8. The number of carbonyl (C=O) groups excluding carboxylic acids is 2. The smallest absolute Gasteiger partial charge is 0.301 e. The monoisotopic (exact) mass is 504 g/mol. The van der Waals surface area contributed by atoms with Crippen LogP contribution in [0.2, 0.25) is 0 Å². The Kier molecular flexibility index (Phi) is 6.39. The minimum absolute atomic E-state index is 0.0387. The first-order valence-corrected chi connectivity index (χ1v) is 12.3. The van der Waals surface area contributed by atoms with Crippen LogP contribution in [0.1, 0.15) is 22.7 Å². The maximum Gasteiger partial charge on any atom is 0.301 e. The van der Waals surface area contributed by atoms with Crippen molar-refractivity contribution in [3.63, 3.8) is 0 Å². The molecule has 3 heterocycles. The van der Waals surface area contributed by atoms with Gasteiger partial charge in [0.25, 0.3) is 5.78 Å². The Morgan fingerprint density at radius 3 is 2.46 bits per heavy atom. The zero-order chi connectivity index (χ0) is 24.4. The molecule has 1 unspecified atom stereocenters. The van der Waals surface area contributed by atoms with E-state index in [0.717, 1.165) is 11.3 Å². The fourth-order valence-corrected chi connectivity index (χ4v) is 5.61. The van der Waals surface area contributed by atoms with E-state index in [1.54, 1.807) is 54.6 Å². The molecule has 0 bridgehead atoms. The van der Waals surface area contributed by atoms with Crippen LogP contribution in [0.25, 0.3) is 5.76 Å². The number of thioether (sulfide) groups is 1. The van der Waals surface area contributed by atoms with E-state index in [4.69, 9.17) is 0 Å². The molecule has 174 valence electrons. The Hall–Kier alpha value is -3.89. The van der Waals surface area contributed by atoms with Gasteiger partial charge in [0.1, 0.15) is 11.6 Å². The molecule has 35 heavy (non-hydrogen) atoms. The fourth-order valence-electron chi connectivity index (χ4n) is 3.76. The third-order valence-corrected chi connectivity index (χ3v) is 7.53. The van der Waals surface area contributed by atoms with Gasteiger partial charge in [-0.1, -0.05) is 71.6 Å². The molecule has 4 aromatic rings. The summed E-state index contributed by atoms with van der Waals surface area (Å²) in [7, 11) is 0. The molecule has 1 N–H and O–H groups in total. The molecule has 1 aliphatic heterocycles. The fraction of sp³-hybridized carbons (Fsp3) is 0.0800. The highest BCUT2D eigenvalue weighted by Gasteiger charge is 2.48. The standard InChI is InChI=1S/C25H17FN4O3S2/c26-18-9-5-4-8-17(18)14-34-25-29-28-24(35-25)30-20(15-6-2-1-3-7-15)19(22(32)23(30)33)21(31)16-10-12-27-13-11-16/h1-13,20,31H,14H2/b21-19+. The van der Waals surface area contributed by atoms with Crippen LogP contribution in [0.3, 0.4) is 0 Å². The number of halogens is 1. The first-order valence-electron chi connectivity index (χ1n) is 10.5. The van der Waals surface area contributed by atoms with Gasteiger partial charge >= 0.3 is 5.91 Å². The van der Waals surface area contributed by atoms with Crippen molar-refractivity contribution in [3.8, 4) is 0 Å². The van der Waals surface area contributed by atoms with Gasteiger partial charge in [0.05, 0.1) is 11.6 Å². The van der Waals surface area contributed by atoms with E-state index in [0.29, 0.717) is 26.8 Å². The predicted molar refractivity (Wildman–Crippen MR) is 131 cm³/mol. The van der Waals surface area contributed by atoms with Crippen LogP contribution in [0.15, 0.2) is 89.0 Å². The van der Waals surface area contributed by atoms with Gasteiger partial charge in [0.2, 0.25) is 5.13 Å². The van der Waals surface area contributed by atoms with Crippen molar-refractivity contribution in [2.75, 3.05) is 4.90 Å². The SMILES string of the molecule is O=C1C(=O)N(c2nnc(SCc3ccccc3F)s2)C(c2ccccc2)/C1=C(\O)c1ccncc1. The number of hydrogen-bond donors (Lipinski definition) is 1.